The summed E-state index contributed by atoms with van der Waals surface area (Å²) in [6.45, 7) is 3.65. The zero-order valence-corrected chi connectivity index (χ0v) is 20.6. The van der Waals surface area contributed by atoms with E-state index >= 15 is 0 Å². The Morgan fingerprint density at radius 3 is 2.53 bits per heavy atom. The van der Waals surface area contributed by atoms with Gasteiger partial charge in [-0.15, -0.1) is 11.6 Å². The molecule has 0 amide bonds. The maximum atomic E-state index is 11.6. The van der Waals surface area contributed by atoms with Gasteiger partial charge in [0.1, 0.15) is 6.10 Å². The van der Waals surface area contributed by atoms with E-state index < -0.39 is 0 Å². The molecule has 0 aliphatic heterocycles. The first-order chi connectivity index (χ1) is 15.5. The lowest BCUT2D eigenvalue weighted by Gasteiger charge is -2.23. The van der Waals surface area contributed by atoms with Crippen LogP contribution in [-0.4, -0.2) is 24.4 Å². The maximum Gasteiger partial charge on any atom is 0.305 e. The van der Waals surface area contributed by atoms with Crippen molar-refractivity contribution in [2.45, 2.75) is 95.5 Å². The zero-order valence-electron chi connectivity index (χ0n) is 19.9. The Morgan fingerprint density at radius 1 is 1.12 bits per heavy atom. The van der Waals surface area contributed by atoms with Crippen LogP contribution < -0.4 is 0 Å². The van der Waals surface area contributed by atoms with E-state index in [4.69, 9.17) is 16.3 Å². The fourth-order valence-electron chi connectivity index (χ4n) is 4.63. The molecule has 5 heteroatoms. The topological polar surface area (TPSA) is 52.6 Å². The molecule has 0 radical (unpaired) electrons. The number of carbonyl (C=O) groups excluding carboxylic acids is 2. The molecule has 32 heavy (non-hydrogen) atoms. The van der Waals surface area contributed by atoms with E-state index in [-0.39, 0.29) is 23.4 Å². The molecule has 4 nitrogen and oxygen atoms in total. The minimum Gasteiger partial charge on any atom is -0.469 e. The minimum absolute atomic E-state index is 0.146. The van der Waals surface area contributed by atoms with E-state index in [1.807, 2.05) is 0 Å². The van der Waals surface area contributed by atoms with E-state index in [1.54, 1.807) is 0 Å². The molecule has 0 aromatic heterocycles. The summed E-state index contributed by atoms with van der Waals surface area (Å²) in [5.41, 5.74) is 2.33. The van der Waals surface area contributed by atoms with Crippen LogP contribution in [0.25, 0.3) is 0 Å². The van der Waals surface area contributed by atoms with Gasteiger partial charge in [0.15, 0.2) is 0 Å². The molecule has 0 spiro atoms. The second kappa shape index (κ2) is 14.4. The zero-order chi connectivity index (χ0) is 23.3. The van der Waals surface area contributed by atoms with Crippen molar-refractivity contribution >= 4 is 23.5 Å². The molecular formula is C27H39ClO4. The number of benzene rings is 1. The normalized spacial score (nSPS) is 21.6. The Hall–Kier alpha value is -1.81. The van der Waals surface area contributed by atoms with Gasteiger partial charge in [-0.1, -0.05) is 56.2 Å². The second-order valence-corrected chi connectivity index (χ2v) is 9.38. The fraction of sp³-hybridized carbons (Fsp3) is 0.630. The number of ether oxygens (including phenoxy) is 2. The first-order valence-electron chi connectivity index (χ1n) is 12.1. The highest BCUT2D eigenvalue weighted by atomic mass is 35.5. The van der Waals surface area contributed by atoms with Gasteiger partial charge in [0.2, 0.25) is 0 Å². The van der Waals surface area contributed by atoms with Crippen molar-refractivity contribution in [3.63, 3.8) is 0 Å². The second-order valence-electron chi connectivity index (χ2n) is 8.82. The monoisotopic (exact) mass is 462 g/mol. The third kappa shape index (κ3) is 8.61. The first-order valence-corrected chi connectivity index (χ1v) is 12.5. The number of hydrogen-bond donors (Lipinski definition) is 0. The van der Waals surface area contributed by atoms with E-state index in [9.17, 15) is 9.59 Å². The van der Waals surface area contributed by atoms with Crippen LogP contribution >= 0.6 is 11.6 Å². The van der Waals surface area contributed by atoms with Gasteiger partial charge >= 0.3 is 11.9 Å². The third-order valence-electron chi connectivity index (χ3n) is 6.37. The molecule has 0 bridgehead atoms. The van der Waals surface area contributed by atoms with Gasteiger partial charge in [0.25, 0.3) is 0 Å². The first kappa shape index (κ1) is 26.4. The van der Waals surface area contributed by atoms with Crippen LogP contribution in [0.1, 0.15) is 101 Å². The van der Waals surface area contributed by atoms with Crippen LogP contribution in [0.3, 0.4) is 0 Å². The Morgan fingerprint density at radius 2 is 1.88 bits per heavy atom. The molecule has 1 fully saturated rings. The highest BCUT2D eigenvalue weighted by molar-refractivity contribution is 6.21. The van der Waals surface area contributed by atoms with E-state index in [0.717, 1.165) is 63.4 Å². The molecule has 1 aromatic rings. The Labute approximate surface area is 198 Å². The quantitative estimate of drug-likeness (QED) is 0.134. The van der Waals surface area contributed by atoms with Crippen molar-refractivity contribution in [3.8, 4) is 0 Å². The molecular weight excluding hydrogens is 424 g/mol. The van der Waals surface area contributed by atoms with Gasteiger partial charge in [0, 0.05) is 24.6 Å². The van der Waals surface area contributed by atoms with E-state index in [2.05, 4.69) is 48.1 Å². The highest BCUT2D eigenvalue weighted by Gasteiger charge is 2.35. The summed E-state index contributed by atoms with van der Waals surface area (Å²) >= 11 is 6.73. The van der Waals surface area contributed by atoms with Crippen molar-refractivity contribution in [3.05, 3.63) is 47.5 Å². The van der Waals surface area contributed by atoms with Crippen LogP contribution in [0.4, 0.5) is 0 Å². The van der Waals surface area contributed by atoms with Crippen LogP contribution in [0.15, 0.2) is 36.4 Å². The molecule has 1 aromatic carbocycles. The van der Waals surface area contributed by atoms with Crippen molar-refractivity contribution in [2.75, 3.05) is 7.11 Å². The summed E-state index contributed by atoms with van der Waals surface area (Å²) in [6, 6.07) is 8.56. The van der Waals surface area contributed by atoms with Crippen molar-refractivity contribution in [1.29, 1.82) is 0 Å². The molecule has 1 unspecified atom stereocenters. The lowest BCUT2D eigenvalue weighted by Crippen LogP contribution is -2.13. The van der Waals surface area contributed by atoms with Crippen LogP contribution in [-0.2, 0) is 19.1 Å². The number of rotatable bonds is 13. The van der Waals surface area contributed by atoms with Crippen LogP contribution in [0.2, 0.25) is 0 Å². The molecule has 0 heterocycles. The van der Waals surface area contributed by atoms with Gasteiger partial charge in [0.05, 0.1) is 7.11 Å². The number of methoxy groups -OCH3 is 1. The number of halogens is 1. The summed E-state index contributed by atoms with van der Waals surface area (Å²) < 4.78 is 10.3. The molecule has 1 saturated carbocycles. The van der Waals surface area contributed by atoms with E-state index in [0.29, 0.717) is 18.3 Å². The predicted molar refractivity (Wildman–Crippen MR) is 130 cm³/mol. The molecule has 1 aliphatic carbocycles. The van der Waals surface area contributed by atoms with Gasteiger partial charge in [-0.05, 0) is 62.0 Å². The average molecular weight is 463 g/mol. The number of carbonyl (C=O) groups is 2. The Bertz CT molecular complexity index is 728. The third-order valence-corrected chi connectivity index (χ3v) is 6.86. The SMILES string of the molecule is CCCCCC(OC(C)=O)c1ccc([C@@H]2[C@@H](C/C=C\CCCC(=O)OC)CC[C@@H]2Cl)cc1. The average Bonchev–Trinajstić information content (AvgIpc) is 3.15. The lowest BCUT2D eigenvalue weighted by molar-refractivity contribution is -0.147. The van der Waals surface area contributed by atoms with Crippen molar-refractivity contribution in [2.24, 2.45) is 5.92 Å². The van der Waals surface area contributed by atoms with Crippen molar-refractivity contribution < 1.29 is 19.1 Å². The Balaban J connectivity index is 1.97. The van der Waals surface area contributed by atoms with Gasteiger partial charge in [-0.3, -0.25) is 9.59 Å². The highest BCUT2D eigenvalue weighted by Crippen LogP contribution is 2.45. The molecule has 4 atom stereocenters. The molecule has 0 N–H and O–H groups in total. The number of esters is 2. The van der Waals surface area contributed by atoms with Gasteiger partial charge in [-0.2, -0.15) is 0 Å². The van der Waals surface area contributed by atoms with Gasteiger partial charge < -0.3 is 9.47 Å². The lowest BCUT2D eigenvalue weighted by atomic mass is 9.85. The number of alkyl halides is 1. The maximum absolute atomic E-state index is 11.6. The smallest absolute Gasteiger partial charge is 0.305 e. The van der Waals surface area contributed by atoms with Crippen LogP contribution in [0, 0.1) is 5.92 Å². The molecule has 2 rings (SSSR count). The minimum atomic E-state index is -0.231. The standard InChI is InChI=1S/C27H39ClO4/c1-4-5-8-12-25(32-20(2)29)21-14-16-23(17-15-21)27-22(18-19-24(27)28)11-9-6-7-10-13-26(30)31-3/h6,9,14-17,22,24-25,27H,4-5,7-8,10-13,18-19H2,1-3H3/b9-6-/t22-,24-,25?,27-/m0/s1. The number of unbranched alkanes of at least 4 members (excludes halogenated alkanes) is 3. The number of allylic oxidation sites excluding steroid dienone is 2. The molecule has 1 aliphatic rings. The summed E-state index contributed by atoms with van der Waals surface area (Å²) in [5, 5.41) is 0.146. The molecule has 178 valence electrons. The largest absolute Gasteiger partial charge is 0.469 e. The summed E-state index contributed by atoms with van der Waals surface area (Å²) in [6.07, 6.45) is 13.8. The van der Waals surface area contributed by atoms with Crippen LogP contribution in [0.5, 0.6) is 0 Å². The number of hydrogen-bond acceptors (Lipinski definition) is 4. The van der Waals surface area contributed by atoms with Gasteiger partial charge in [-0.25, -0.2) is 0 Å². The predicted octanol–water partition coefficient (Wildman–Crippen LogP) is 7.26. The summed E-state index contributed by atoms with van der Waals surface area (Å²) in [4.78, 5) is 22.8. The van der Waals surface area contributed by atoms with Crippen molar-refractivity contribution in [1.82, 2.24) is 0 Å². The Kier molecular flexibility index (Phi) is 11.9. The van der Waals surface area contributed by atoms with E-state index in [1.165, 1.54) is 19.6 Å². The summed E-state index contributed by atoms with van der Waals surface area (Å²) in [5.74, 6) is 0.473. The molecule has 0 saturated heterocycles. The fourth-order valence-corrected chi connectivity index (χ4v) is 5.11. The summed E-state index contributed by atoms with van der Waals surface area (Å²) in [7, 11) is 1.43.